The normalized spacial score (nSPS) is 18.2. The van der Waals surface area contributed by atoms with Crippen LogP contribution in [0.3, 0.4) is 0 Å². The van der Waals surface area contributed by atoms with E-state index in [0.717, 1.165) is 25.7 Å². The van der Waals surface area contributed by atoms with Crippen molar-refractivity contribution in [1.29, 1.82) is 0 Å². The average molecular weight is 184 g/mol. The van der Waals surface area contributed by atoms with Gasteiger partial charge < -0.3 is 10.6 Å². The molecule has 0 radical (unpaired) electrons. The van der Waals surface area contributed by atoms with Crippen LogP contribution >= 0.6 is 0 Å². The molecule has 0 aromatic carbocycles. The molecule has 0 aromatic heterocycles. The minimum absolute atomic E-state index is 0.216. The molecule has 4 nitrogen and oxygen atoms in total. The van der Waals surface area contributed by atoms with Gasteiger partial charge in [-0.2, -0.15) is 0 Å². The highest BCUT2D eigenvalue weighted by atomic mass is 16.2. The Morgan fingerprint density at radius 2 is 1.77 bits per heavy atom. The summed E-state index contributed by atoms with van der Waals surface area (Å²) in [6.45, 7) is 0. The van der Waals surface area contributed by atoms with Gasteiger partial charge in [0, 0.05) is 13.1 Å². The van der Waals surface area contributed by atoms with Crippen molar-refractivity contribution in [2.45, 2.75) is 38.1 Å². The Morgan fingerprint density at radius 1 is 1.23 bits per heavy atom. The number of likely N-dealkylation sites (N-methyl/N-ethyl adjacent to an activating group) is 1. The third-order valence-electron chi connectivity index (χ3n) is 2.65. The Balaban J connectivity index is 2.49. The summed E-state index contributed by atoms with van der Waals surface area (Å²) in [4.78, 5) is 23.3. The van der Waals surface area contributed by atoms with E-state index in [2.05, 4.69) is 0 Å². The number of hydrogen-bond acceptors (Lipinski definition) is 2. The fourth-order valence-electron chi connectivity index (χ4n) is 1.81. The quantitative estimate of drug-likeness (QED) is 0.594. The van der Waals surface area contributed by atoms with Crippen LogP contribution in [0.25, 0.3) is 0 Å². The number of rotatable bonds is 1. The molecular weight excluding hydrogens is 168 g/mol. The van der Waals surface area contributed by atoms with Gasteiger partial charge >= 0.3 is 11.8 Å². The lowest BCUT2D eigenvalue weighted by atomic mass is 9.94. The van der Waals surface area contributed by atoms with Crippen molar-refractivity contribution in [2.75, 3.05) is 7.05 Å². The number of amides is 2. The van der Waals surface area contributed by atoms with Gasteiger partial charge in [-0.3, -0.25) is 9.59 Å². The van der Waals surface area contributed by atoms with Crippen LogP contribution in [-0.2, 0) is 9.59 Å². The number of nitrogens with zero attached hydrogens (tertiary/aromatic N) is 1. The highest BCUT2D eigenvalue weighted by molar-refractivity contribution is 6.34. The number of carbonyl (C=O) groups excluding carboxylic acids is 2. The van der Waals surface area contributed by atoms with Crippen molar-refractivity contribution in [3.05, 3.63) is 0 Å². The zero-order chi connectivity index (χ0) is 9.84. The first kappa shape index (κ1) is 10.0. The first-order valence-corrected chi connectivity index (χ1v) is 4.69. The average Bonchev–Trinajstić information content (AvgIpc) is 2.17. The molecular formula is C9H16N2O2. The summed E-state index contributed by atoms with van der Waals surface area (Å²) in [5.74, 6) is -1.42. The summed E-state index contributed by atoms with van der Waals surface area (Å²) in [7, 11) is 1.66. The molecule has 0 heterocycles. The second-order valence-electron chi connectivity index (χ2n) is 3.57. The zero-order valence-corrected chi connectivity index (χ0v) is 7.95. The SMILES string of the molecule is CN(C(=O)C(N)=O)C1CCCCC1. The monoisotopic (exact) mass is 184 g/mol. The second kappa shape index (κ2) is 4.25. The van der Waals surface area contributed by atoms with Gasteiger partial charge in [-0.1, -0.05) is 19.3 Å². The van der Waals surface area contributed by atoms with Gasteiger partial charge in [0.2, 0.25) is 0 Å². The zero-order valence-electron chi connectivity index (χ0n) is 7.95. The van der Waals surface area contributed by atoms with Gasteiger partial charge in [-0.25, -0.2) is 0 Å². The van der Waals surface area contributed by atoms with Crippen LogP contribution in [0.5, 0.6) is 0 Å². The first-order chi connectivity index (χ1) is 6.13. The Kier molecular flexibility index (Phi) is 3.28. The predicted octanol–water partition coefficient (Wildman–Crippen LogP) is 0.263. The van der Waals surface area contributed by atoms with E-state index < -0.39 is 11.8 Å². The molecule has 1 saturated carbocycles. The molecule has 0 bridgehead atoms. The minimum atomic E-state index is -0.854. The maximum atomic E-state index is 11.2. The van der Waals surface area contributed by atoms with Crippen LogP contribution in [0.1, 0.15) is 32.1 Å². The standard InChI is InChI=1S/C9H16N2O2/c1-11(9(13)8(10)12)7-5-3-2-4-6-7/h7H,2-6H2,1H3,(H2,10,12). The summed E-state index contributed by atoms with van der Waals surface area (Å²) in [5.41, 5.74) is 4.91. The number of nitrogens with two attached hydrogens (primary N) is 1. The van der Waals surface area contributed by atoms with E-state index in [-0.39, 0.29) is 6.04 Å². The maximum absolute atomic E-state index is 11.2. The Labute approximate surface area is 78.1 Å². The van der Waals surface area contributed by atoms with Crippen molar-refractivity contribution in [2.24, 2.45) is 5.73 Å². The molecule has 0 saturated heterocycles. The summed E-state index contributed by atoms with van der Waals surface area (Å²) < 4.78 is 0. The molecule has 1 aliphatic carbocycles. The van der Waals surface area contributed by atoms with Crippen molar-refractivity contribution >= 4 is 11.8 Å². The second-order valence-corrected chi connectivity index (χ2v) is 3.57. The largest absolute Gasteiger partial charge is 0.361 e. The highest BCUT2D eigenvalue weighted by Gasteiger charge is 2.24. The molecule has 0 aliphatic heterocycles. The molecule has 4 heteroatoms. The predicted molar refractivity (Wildman–Crippen MR) is 48.8 cm³/mol. The molecule has 0 spiro atoms. The van der Waals surface area contributed by atoms with Gasteiger partial charge in [-0.05, 0) is 12.8 Å². The molecule has 0 atom stereocenters. The van der Waals surface area contributed by atoms with E-state index in [4.69, 9.17) is 5.73 Å². The van der Waals surface area contributed by atoms with Gasteiger partial charge in [-0.15, -0.1) is 0 Å². The highest BCUT2D eigenvalue weighted by Crippen LogP contribution is 2.21. The van der Waals surface area contributed by atoms with Gasteiger partial charge in [0.15, 0.2) is 0 Å². The lowest BCUT2D eigenvalue weighted by Gasteiger charge is -2.30. The maximum Gasteiger partial charge on any atom is 0.311 e. The van der Waals surface area contributed by atoms with Gasteiger partial charge in [0.25, 0.3) is 0 Å². The van der Waals surface area contributed by atoms with Crippen molar-refractivity contribution in [3.63, 3.8) is 0 Å². The molecule has 0 unspecified atom stereocenters. The minimum Gasteiger partial charge on any atom is -0.361 e. The summed E-state index contributed by atoms with van der Waals surface area (Å²) in [5, 5.41) is 0. The van der Waals surface area contributed by atoms with Crippen molar-refractivity contribution < 1.29 is 9.59 Å². The van der Waals surface area contributed by atoms with Crippen LogP contribution in [0.4, 0.5) is 0 Å². The van der Waals surface area contributed by atoms with Crippen LogP contribution < -0.4 is 5.73 Å². The van der Waals surface area contributed by atoms with E-state index in [0.29, 0.717) is 0 Å². The number of hydrogen-bond donors (Lipinski definition) is 1. The fraction of sp³-hybridized carbons (Fsp3) is 0.778. The molecule has 1 fully saturated rings. The lowest BCUT2D eigenvalue weighted by Crippen LogP contribution is -2.44. The summed E-state index contributed by atoms with van der Waals surface area (Å²) in [6.07, 6.45) is 5.50. The molecule has 2 N–H and O–H groups in total. The Hall–Kier alpha value is -1.06. The molecule has 1 aliphatic rings. The molecule has 74 valence electrons. The number of carbonyl (C=O) groups is 2. The smallest absolute Gasteiger partial charge is 0.311 e. The van der Waals surface area contributed by atoms with E-state index in [9.17, 15) is 9.59 Å². The van der Waals surface area contributed by atoms with E-state index in [1.54, 1.807) is 7.05 Å². The van der Waals surface area contributed by atoms with E-state index >= 15 is 0 Å². The van der Waals surface area contributed by atoms with E-state index in [1.165, 1.54) is 11.3 Å². The van der Waals surface area contributed by atoms with Gasteiger partial charge in [0.05, 0.1) is 0 Å². The lowest BCUT2D eigenvalue weighted by molar-refractivity contribution is -0.145. The molecule has 0 aromatic rings. The Morgan fingerprint density at radius 3 is 2.23 bits per heavy atom. The summed E-state index contributed by atoms with van der Waals surface area (Å²) in [6, 6.07) is 0.216. The van der Waals surface area contributed by atoms with Crippen LogP contribution in [-0.4, -0.2) is 29.8 Å². The van der Waals surface area contributed by atoms with E-state index in [1.807, 2.05) is 0 Å². The van der Waals surface area contributed by atoms with Crippen molar-refractivity contribution in [3.8, 4) is 0 Å². The van der Waals surface area contributed by atoms with Crippen LogP contribution in [0.2, 0.25) is 0 Å². The first-order valence-electron chi connectivity index (χ1n) is 4.69. The third-order valence-corrected chi connectivity index (χ3v) is 2.65. The Bertz CT molecular complexity index is 210. The fourth-order valence-corrected chi connectivity index (χ4v) is 1.81. The van der Waals surface area contributed by atoms with Crippen molar-refractivity contribution in [1.82, 2.24) is 4.90 Å². The van der Waals surface area contributed by atoms with Gasteiger partial charge in [0.1, 0.15) is 0 Å². The topological polar surface area (TPSA) is 63.4 Å². The van der Waals surface area contributed by atoms with Crippen LogP contribution in [0, 0.1) is 0 Å². The summed E-state index contributed by atoms with van der Waals surface area (Å²) >= 11 is 0. The molecule has 13 heavy (non-hydrogen) atoms. The molecule has 1 rings (SSSR count). The number of primary amides is 1. The van der Waals surface area contributed by atoms with Crippen LogP contribution in [0.15, 0.2) is 0 Å². The molecule has 2 amide bonds. The third kappa shape index (κ3) is 2.44.